The van der Waals surface area contributed by atoms with Crippen LogP contribution in [0.5, 0.6) is 0 Å². The standard InChI is InChI=1S/C30H26Cl2F2N8O2/c1-16-4-3-5-19(22-10-17(8-9-35-22)28-23(37-29(16)44)13-36-42(28)30(33)34)21-14-40(2)25(12-26(21)43)20-11-18(31)6-7-24(20)41-15-27(32)38-39-41/h6-16,19,30H,3-5H2,1-2H3,(H,37,44)/t16-,19?/m1/s1. The maximum absolute atomic E-state index is 14.0. The van der Waals surface area contributed by atoms with Gasteiger partial charge in [-0.1, -0.05) is 41.8 Å². The van der Waals surface area contributed by atoms with Gasteiger partial charge in [0.05, 0.1) is 35.2 Å². The Hall–Kier alpha value is -4.42. The van der Waals surface area contributed by atoms with Gasteiger partial charge < -0.3 is 9.88 Å². The lowest BCUT2D eigenvalue weighted by Crippen LogP contribution is -2.22. The van der Waals surface area contributed by atoms with Crippen molar-refractivity contribution >= 4 is 34.8 Å². The first-order chi connectivity index (χ1) is 21.1. The molecule has 1 unspecified atom stereocenters. The first-order valence-electron chi connectivity index (χ1n) is 13.8. The van der Waals surface area contributed by atoms with Gasteiger partial charge in [-0.3, -0.25) is 14.6 Å². The normalized spacial score (nSPS) is 17.1. The Morgan fingerprint density at radius 3 is 2.64 bits per heavy atom. The molecule has 1 aliphatic heterocycles. The van der Waals surface area contributed by atoms with Gasteiger partial charge in [0, 0.05) is 64.8 Å². The highest BCUT2D eigenvalue weighted by molar-refractivity contribution is 6.31. The van der Waals surface area contributed by atoms with Crippen LogP contribution in [-0.4, -0.2) is 40.2 Å². The van der Waals surface area contributed by atoms with Gasteiger partial charge >= 0.3 is 6.55 Å². The number of nitrogens with one attached hydrogen (secondary N) is 1. The monoisotopic (exact) mass is 638 g/mol. The average molecular weight is 639 g/mol. The molecule has 226 valence electrons. The lowest BCUT2D eigenvalue weighted by molar-refractivity contribution is -0.119. The minimum absolute atomic E-state index is 0.0634. The third-order valence-electron chi connectivity index (χ3n) is 7.81. The van der Waals surface area contributed by atoms with Crippen LogP contribution >= 0.6 is 23.2 Å². The second-order valence-electron chi connectivity index (χ2n) is 10.7. The third kappa shape index (κ3) is 5.62. The number of nitrogens with zero attached hydrogens (tertiary/aromatic N) is 7. The van der Waals surface area contributed by atoms with Crippen molar-refractivity contribution in [2.75, 3.05) is 5.32 Å². The quantitative estimate of drug-likeness (QED) is 0.241. The number of carbonyl (C=O) groups excluding carboxylic acids is 1. The van der Waals surface area contributed by atoms with Crippen LogP contribution in [0.4, 0.5) is 14.5 Å². The summed E-state index contributed by atoms with van der Waals surface area (Å²) in [7, 11) is 1.82. The lowest BCUT2D eigenvalue weighted by atomic mass is 9.87. The van der Waals surface area contributed by atoms with Gasteiger partial charge in [-0.15, -0.1) is 5.10 Å². The minimum Gasteiger partial charge on any atom is -0.350 e. The van der Waals surface area contributed by atoms with E-state index in [1.807, 2.05) is 11.6 Å². The molecular formula is C30H26Cl2F2N8O2. The maximum atomic E-state index is 14.0. The van der Waals surface area contributed by atoms with E-state index in [1.165, 1.54) is 23.1 Å². The predicted molar refractivity (Wildman–Crippen MR) is 162 cm³/mol. The number of rotatable bonds is 4. The highest BCUT2D eigenvalue weighted by atomic mass is 35.5. The van der Waals surface area contributed by atoms with Crippen molar-refractivity contribution in [1.29, 1.82) is 0 Å². The fourth-order valence-corrected chi connectivity index (χ4v) is 5.91. The van der Waals surface area contributed by atoms with Crippen LogP contribution in [0.25, 0.3) is 28.2 Å². The molecule has 1 aromatic carbocycles. The van der Waals surface area contributed by atoms with E-state index in [1.54, 1.807) is 49.6 Å². The Labute approximate surface area is 260 Å². The van der Waals surface area contributed by atoms with Crippen LogP contribution in [-0.2, 0) is 11.8 Å². The van der Waals surface area contributed by atoms with E-state index in [0.717, 1.165) is 0 Å². The molecular weight excluding hydrogens is 613 g/mol. The molecule has 0 saturated heterocycles. The Kier molecular flexibility index (Phi) is 8.04. The first-order valence-corrected chi connectivity index (χ1v) is 14.6. The van der Waals surface area contributed by atoms with Crippen molar-refractivity contribution in [3.63, 3.8) is 0 Å². The summed E-state index contributed by atoms with van der Waals surface area (Å²) in [6, 6.07) is 10.00. The number of aryl methyl sites for hydroxylation is 1. The summed E-state index contributed by atoms with van der Waals surface area (Å²) in [5.41, 5.74) is 3.25. The summed E-state index contributed by atoms with van der Waals surface area (Å²) in [5, 5.41) is 15.2. The summed E-state index contributed by atoms with van der Waals surface area (Å²) < 4.78 is 31.8. The molecule has 0 spiro atoms. The van der Waals surface area contributed by atoms with Gasteiger partial charge in [0.25, 0.3) is 0 Å². The molecule has 2 bridgehead atoms. The number of carbonyl (C=O) groups is 1. The zero-order chi connectivity index (χ0) is 31.1. The molecule has 0 saturated carbocycles. The Morgan fingerprint density at radius 1 is 1.07 bits per heavy atom. The van der Waals surface area contributed by atoms with E-state index < -0.39 is 18.4 Å². The van der Waals surface area contributed by atoms with E-state index in [-0.39, 0.29) is 27.9 Å². The SMILES string of the molecule is C[C@@H]1CCCC(c2cn(C)c(-c3cc(Cl)ccc3-n3cc(Cl)nn3)cc2=O)c2cc(ccn2)-c2c(cnn2C(F)F)NC1=O. The number of benzene rings is 1. The second kappa shape index (κ2) is 11.9. The summed E-state index contributed by atoms with van der Waals surface area (Å²) in [6.45, 7) is -1.15. The van der Waals surface area contributed by atoms with Gasteiger partial charge in [0.15, 0.2) is 10.6 Å². The predicted octanol–water partition coefficient (Wildman–Crippen LogP) is 6.48. The van der Waals surface area contributed by atoms with Crippen LogP contribution in [0.1, 0.15) is 49.9 Å². The Balaban J connectivity index is 1.48. The molecule has 1 amide bonds. The summed E-state index contributed by atoms with van der Waals surface area (Å²) in [5.74, 6) is -1.17. The van der Waals surface area contributed by atoms with Crippen molar-refractivity contribution in [3.05, 3.63) is 92.8 Å². The first kappa shape index (κ1) is 29.6. The van der Waals surface area contributed by atoms with Gasteiger partial charge in [-0.05, 0) is 43.2 Å². The number of aromatic nitrogens is 7. The van der Waals surface area contributed by atoms with Crippen LogP contribution in [0.2, 0.25) is 10.2 Å². The average Bonchev–Trinajstić information content (AvgIpc) is 3.62. The summed E-state index contributed by atoms with van der Waals surface area (Å²) in [4.78, 5) is 31.4. The molecule has 2 atom stereocenters. The molecule has 5 aromatic rings. The minimum atomic E-state index is -2.93. The van der Waals surface area contributed by atoms with Crippen molar-refractivity contribution in [3.8, 4) is 28.2 Å². The molecule has 4 aromatic heterocycles. The Bertz CT molecular complexity index is 1940. The molecule has 0 fully saturated rings. The number of hydrogen-bond acceptors (Lipinski definition) is 6. The van der Waals surface area contributed by atoms with Crippen molar-refractivity contribution in [2.24, 2.45) is 13.0 Å². The second-order valence-corrected chi connectivity index (χ2v) is 11.5. The zero-order valence-corrected chi connectivity index (χ0v) is 25.1. The molecule has 0 aliphatic carbocycles. The van der Waals surface area contributed by atoms with Crippen LogP contribution in [0, 0.1) is 5.92 Å². The molecule has 6 rings (SSSR count). The van der Waals surface area contributed by atoms with E-state index in [9.17, 15) is 18.4 Å². The van der Waals surface area contributed by atoms with E-state index >= 15 is 0 Å². The highest BCUT2D eigenvalue weighted by Crippen LogP contribution is 2.37. The fraction of sp³-hybridized carbons (Fsp3) is 0.267. The number of amides is 1. The number of pyridine rings is 2. The maximum Gasteiger partial charge on any atom is 0.333 e. The van der Waals surface area contributed by atoms with Crippen molar-refractivity contribution < 1.29 is 13.6 Å². The lowest BCUT2D eigenvalue weighted by Gasteiger charge is -2.22. The van der Waals surface area contributed by atoms with Gasteiger partial charge in [0.2, 0.25) is 5.91 Å². The molecule has 14 heteroatoms. The fourth-order valence-electron chi connectivity index (χ4n) is 5.61. The van der Waals surface area contributed by atoms with Crippen LogP contribution < -0.4 is 10.7 Å². The Morgan fingerprint density at radius 2 is 1.89 bits per heavy atom. The van der Waals surface area contributed by atoms with Gasteiger partial charge in [0.1, 0.15) is 0 Å². The van der Waals surface area contributed by atoms with E-state index in [2.05, 4.69) is 25.7 Å². The number of hydrogen-bond donors (Lipinski definition) is 1. The van der Waals surface area contributed by atoms with E-state index in [4.69, 9.17) is 23.2 Å². The molecule has 1 N–H and O–H groups in total. The smallest absolute Gasteiger partial charge is 0.333 e. The van der Waals surface area contributed by atoms with E-state index in [0.29, 0.717) is 62.7 Å². The summed E-state index contributed by atoms with van der Waals surface area (Å²) in [6.07, 6.45) is 7.69. The zero-order valence-electron chi connectivity index (χ0n) is 23.6. The molecule has 44 heavy (non-hydrogen) atoms. The van der Waals surface area contributed by atoms with Crippen LogP contribution in [0.15, 0.2) is 66.0 Å². The summed E-state index contributed by atoms with van der Waals surface area (Å²) >= 11 is 12.4. The van der Waals surface area contributed by atoms with Crippen molar-refractivity contribution in [1.82, 2.24) is 34.3 Å². The van der Waals surface area contributed by atoms with Crippen molar-refractivity contribution in [2.45, 2.75) is 38.7 Å². The van der Waals surface area contributed by atoms with Crippen LogP contribution in [0.3, 0.4) is 0 Å². The number of halogens is 4. The molecule has 5 heterocycles. The highest BCUT2D eigenvalue weighted by Gasteiger charge is 2.27. The third-order valence-corrected chi connectivity index (χ3v) is 8.22. The van der Waals surface area contributed by atoms with Gasteiger partial charge in [-0.2, -0.15) is 13.9 Å². The molecule has 1 aliphatic rings. The largest absolute Gasteiger partial charge is 0.350 e. The number of fused-ring (bicyclic) bond motifs is 4. The molecule has 0 radical (unpaired) electrons. The topological polar surface area (TPSA) is 113 Å². The van der Waals surface area contributed by atoms with Gasteiger partial charge in [-0.25, -0.2) is 9.36 Å². The number of anilines is 1. The number of alkyl halides is 2. The molecule has 10 nitrogen and oxygen atoms in total.